The fourth-order valence-electron chi connectivity index (χ4n) is 2.19. The van der Waals surface area contributed by atoms with Gasteiger partial charge in [-0.15, -0.1) is 0 Å². The lowest BCUT2D eigenvalue weighted by molar-refractivity contribution is 1.13. The summed E-state index contributed by atoms with van der Waals surface area (Å²) >= 11 is 3.38. The van der Waals surface area contributed by atoms with Crippen molar-refractivity contribution in [1.82, 2.24) is 0 Å². The monoisotopic (exact) mass is 382 g/mol. The summed E-state index contributed by atoms with van der Waals surface area (Å²) in [4.78, 5) is 4.24. The standard InChI is InChI=1S/C13H13N.C8H10BrN/c1-14(12-8-4-2-5-9-12)13-10-6-3-7-11-13;1-10(2)8-5-3-7(9)4-6-8/h2-11H,1H3;3-6H,1-2H3. The Hall–Kier alpha value is -2.26. The smallest absolute Gasteiger partial charge is 0.0408 e. The first-order valence-electron chi connectivity index (χ1n) is 7.84. The highest BCUT2D eigenvalue weighted by Crippen LogP contribution is 2.21. The summed E-state index contributed by atoms with van der Waals surface area (Å²) in [5.41, 5.74) is 3.64. The van der Waals surface area contributed by atoms with Gasteiger partial charge in [0.1, 0.15) is 0 Å². The van der Waals surface area contributed by atoms with E-state index in [9.17, 15) is 0 Å². The van der Waals surface area contributed by atoms with E-state index in [0.717, 1.165) is 4.47 Å². The van der Waals surface area contributed by atoms with E-state index in [2.05, 4.69) is 93.4 Å². The van der Waals surface area contributed by atoms with Crippen molar-refractivity contribution in [3.05, 3.63) is 89.4 Å². The average molecular weight is 383 g/mol. The minimum atomic E-state index is 1.12. The maximum atomic E-state index is 3.38. The highest BCUT2D eigenvalue weighted by atomic mass is 79.9. The summed E-state index contributed by atoms with van der Waals surface area (Å²) in [6, 6.07) is 28.9. The molecule has 3 aromatic rings. The van der Waals surface area contributed by atoms with Gasteiger partial charge in [-0.05, 0) is 48.5 Å². The second kappa shape index (κ2) is 9.14. The zero-order valence-electron chi connectivity index (χ0n) is 14.4. The minimum absolute atomic E-state index is 1.12. The number of benzene rings is 3. The Morgan fingerprint density at radius 3 is 1.33 bits per heavy atom. The summed E-state index contributed by atoms with van der Waals surface area (Å²) < 4.78 is 1.12. The summed E-state index contributed by atoms with van der Waals surface area (Å²) in [6.45, 7) is 0. The predicted molar refractivity (Wildman–Crippen MR) is 109 cm³/mol. The van der Waals surface area contributed by atoms with Gasteiger partial charge >= 0.3 is 0 Å². The molecule has 0 aliphatic rings. The van der Waals surface area contributed by atoms with E-state index in [1.807, 2.05) is 38.4 Å². The van der Waals surface area contributed by atoms with Crippen molar-refractivity contribution >= 4 is 33.0 Å². The Balaban J connectivity index is 0.000000185. The molecule has 0 aliphatic heterocycles. The van der Waals surface area contributed by atoms with Gasteiger partial charge in [-0.3, -0.25) is 0 Å². The highest BCUT2D eigenvalue weighted by Gasteiger charge is 2.00. The lowest BCUT2D eigenvalue weighted by Crippen LogP contribution is -2.08. The van der Waals surface area contributed by atoms with Crippen molar-refractivity contribution in [3.63, 3.8) is 0 Å². The summed E-state index contributed by atoms with van der Waals surface area (Å²) in [7, 11) is 6.14. The van der Waals surface area contributed by atoms with E-state index in [4.69, 9.17) is 0 Å². The van der Waals surface area contributed by atoms with Gasteiger partial charge in [0, 0.05) is 42.7 Å². The molecule has 0 radical (unpaired) electrons. The molecular formula is C21H23BrN2. The molecule has 0 aliphatic carbocycles. The molecule has 3 rings (SSSR count). The maximum Gasteiger partial charge on any atom is 0.0408 e. The Morgan fingerprint density at radius 1 is 0.542 bits per heavy atom. The molecule has 0 saturated carbocycles. The second-order valence-electron chi connectivity index (χ2n) is 5.60. The first-order valence-corrected chi connectivity index (χ1v) is 8.64. The van der Waals surface area contributed by atoms with Crippen LogP contribution in [0.3, 0.4) is 0 Å². The van der Waals surface area contributed by atoms with Crippen LogP contribution >= 0.6 is 15.9 Å². The molecule has 124 valence electrons. The van der Waals surface area contributed by atoms with Crippen molar-refractivity contribution in [3.8, 4) is 0 Å². The molecule has 0 N–H and O–H groups in total. The molecule has 0 aromatic heterocycles. The van der Waals surface area contributed by atoms with E-state index in [-0.39, 0.29) is 0 Å². The number of hydrogen-bond acceptors (Lipinski definition) is 2. The van der Waals surface area contributed by atoms with Crippen molar-refractivity contribution in [1.29, 1.82) is 0 Å². The molecule has 3 aromatic carbocycles. The van der Waals surface area contributed by atoms with Crippen molar-refractivity contribution in [2.45, 2.75) is 0 Å². The van der Waals surface area contributed by atoms with Gasteiger partial charge in [0.25, 0.3) is 0 Å². The van der Waals surface area contributed by atoms with Crippen LogP contribution in [-0.2, 0) is 0 Å². The Bertz CT molecular complexity index is 670. The number of halogens is 1. The normalized spacial score (nSPS) is 9.67. The van der Waals surface area contributed by atoms with Crippen LogP contribution in [0.5, 0.6) is 0 Å². The van der Waals surface area contributed by atoms with Crippen LogP contribution in [-0.4, -0.2) is 21.1 Å². The van der Waals surface area contributed by atoms with Gasteiger partial charge in [0.2, 0.25) is 0 Å². The molecule has 24 heavy (non-hydrogen) atoms. The van der Waals surface area contributed by atoms with Crippen LogP contribution in [0.1, 0.15) is 0 Å². The lowest BCUT2D eigenvalue weighted by Gasteiger charge is -2.18. The van der Waals surface area contributed by atoms with Crippen molar-refractivity contribution < 1.29 is 0 Å². The molecule has 0 atom stereocenters. The van der Waals surface area contributed by atoms with Crippen molar-refractivity contribution in [2.24, 2.45) is 0 Å². The van der Waals surface area contributed by atoms with Crippen LogP contribution < -0.4 is 9.80 Å². The predicted octanol–water partition coefficient (Wildman–Crippen LogP) is 5.97. The third kappa shape index (κ3) is 5.43. The summed E-state index contributed by atoms with van der Waals surface area (Å²) in [6.07, 6.45) is 0. The largest absolute Gasteiger partial charge is 0.378 e. The molecule has 0 fully saturated rings. The lowest BCUT2D eigenvalue weighted by atomic mass is 10.2. The van der Waals surface area contributed by atoms with Crippen LogP contribution in [0, 0.1) is 0 Å². The second-order valence-corrected chi connectivity index (χ2v) is 6.52. The van der Waals surface area contributed by atoms with Gasteiger partial charge in [-0.1, -0.05) is 52.3 Å². The van der Waals surface area contributed by atoms with Crippen LogP contribution in [0.15, 0.2) is 89.4 Å². The number of nitrogens with zero attached hydrogens (tertiary/aromatic N) is 2. The number of hydrogen-bond donors (Lipinski definition) is 0. The van der Waals surface area contributed by atoms with Crippen LogP contribution in [0.2, 0.25) is 0 Å². The van der Waals surface area contributed by atoms with E-state index < -0.39 is 0 Å². The Kier molecular flexibility index (Phi) is 6.89. The molecule has 3 heteroatoms. The zero-order chi connectivity index (χ0) is 17.4. The van der Waals surface area contributed by atoms with Gasteiger partial charge < -0.3 is 9.80 Å². The first-order chi connectivity index (χ1) is 11.6. The third-order valence-electron chi connectivity index (χ3n) is 3.63. The number of para-hydroxylation sites is 2. The van der Waals surface area contributed by atoms with Crippen LogP contribution in [0.4, 0.5) is 17.1 Å². The SMILES string of the molecule is CN(C)c1ccc(Br)cc1.CN(c1ccccc1)c1ccccc1. The highest BCUT2D eigenvalue weighted by molar-refractivity contribution is 9.10. The molecule has 0 bridgehead atoms. The molecular weight excluding hydrogens is 360 g/mol. The van der Waals surface area contributed by atoms with E-state index in [1.54, 1.807) is 0 Å². The van der Waals surface area contributed by atoms with E-state index in [0.29, 0.717) is 0 Å². The average Bonchev–Trinajstić information content (AvgIpc) is 2.63. The van der Waals surface area contributed by atoms with Crippen LogP contribution in [0.25, 0.3) is 0 Å². The summed E-state index contributed by atoms with van der Waals surface area (Å²) in [5, 5.41) is 0. The topological polar surface area (TPSA) is 6.48 Å². The third-order valence-corrected chi connectivity index (χ3v) is 4.16. The van der Waals surface area contributed by atoms with Gasteiger partial charge in [-0.25, -0.2) is 0 Å². The van der Waals surface area contributed by atoms with Gasteiger partial charge in [-0.2, -0.15) is 0 Å². The fourth-order valence-corrected chi connectivity index (χ4v) is 2.46. The maximum absolute atomic E-state index is 3.38. The van der Waals surface area contributed by atoms with Gasteiger partial charge in [0.15, 0.2) is 0 Å². The molecule has 2 nitrogen and oxygen atoms in total. The Labute approximate surface area is 153 Å². The molecule has 0 saturated heterocycles. The van der Waals surface area contributed by atoms with Gasteiger partial charge in [0.05, 0.1) is 0 Å². The molecule has 0 amide bonds. The first kappa shape index (κ1) is 18.1. The fraction of sp³-hybridized carbons (Fsp3) is 0.143. The molecule has 0 unspecified atom stereocenters. The minimum Gasteiger partial charge on any atom is -0.378 e. The Morgan fingerprint density at radius 2 is 0.958 bits per heavy atom. The number of anilines is 3. The number of rotatable bonds is 3. The van der Waals surface area contributed by atoms with E-state index >= 15 is 0 Å². The molecule has 0 spiro atoms. The quantitative estimate of drug-likeness (QED) is 0.550. The zero-order valence-corrected chi connectivity index (χ0v) is 15.9. The summed E-state index contributed by atoms with van der Waals surface area (Å²) in [5.74, 6) is 0. The van der Waals surface area contributed by atoms with Crippen molar-refractivity contribution in [2.75, 3.05) is 30.9 Å². The van der Waals surface area contributed by atoms with E-state index in [1.165, 1.54) is 17.1 Å². The molecule has 0 heterocycles.